The average molecular weight is 236 g/mol. The Hall–Kier alpha value is -0.890. The molecular formula is C12H16N2OS. The predicted octanol–water partition coefficient (Wildman–Crippen LogP) is 2.30. The molecule has 0 amide bonds. The zero-order valence-corrected chi connectivity index (χ0v) is 10.2. The van der Waals surface area contributed by atoms with Crippen LogP contribution in [0.1, 0.15) is 24.6 Å². The molecule has 3 nitrogen and oxygen atoms in total. The van der Waals surface area contributed by atoms with Crippen molar-refractivity contribution in [1.82, 2.24) is 5.32 Å². The van der Waals surface area contributed by atoms with E-state index in [9.17, 15) is 0 Å². The van der Waals surface area contributed by atoms with Crippen molar-refractivity contribution >= 4 is 11.3 Å². The second-order valence-corrected chi connectivity index (χ2v) is 5.16. The lowest BCUT2D eigenvalue weighted by Crippen LogP contribution is -2.38. The molecule has 1 aliphatic rings. The second-order valence-electron chi connectivity index (χ2n) is 4.13. The van der Waals surface area contributed by atoms with E-state index in [1.54, 1.807) is 11.3 Å². The lowest BCUT2D eigenvalue weighted by molar-refractivity contribution is 0.0430. The zero-order chi connectivity index (χ0) is 11.4. The summed E-state index contributed by atoms with van der Waals surface area (Å²) in [5.41, 5.74) is 0. The van der Waals surface area contributed by atoms with Crippen LogP contribution < -0.4 is 5.32 Å². The highest BCUT2D eigenvalue weighted by atomic mass is 32.1. The largest absolute Gasteiger partial charge is 0.373 e. The molecule has 1 fully saturated rings. The van der Waals surface area contributed by atoms with Gasteiger partial charge in [0.15, 0.2) is 0 Å². The fourth-order valence-electron chi connectivity index (χ4n) is 1.96. The number of nitrogens with zero attached hydrogens (tertiary/aromatic N) is 1. The maximum atomic E-state index is 9.11. The van der Waals surface area contributed by atoms with Gasteiger partial charge >= 0.3 is 0 Å². The summed E-state index contributed by atoms with van der Waals surface area (Å²) >= 11 is 1.71. The predicted molar refractivity (Wildman–Crippen MR) is 64.1 cm³/mol. The number of ether oxygens (including phenoxy) is 1. The van der Waals surface area contributed by atoms with Crippen molar-refractivity contribution < 1.29 is 4.74 Å². The number of hydrogen-bond acceptors (Lipinski definition) is 4. The van der Waals surface area contributed by atoms with Gasteiger partial charge in [-0.25, -0.2) is 0 Å². The van der Waals surface area contributed by atoms with Crippen LogP contribution in [0, 0.1) is 11.3 Å². The third kappa shape index (κ3) is 2.82. The van der Waals surface area contributed by atoms with E-state index >= 15 is 0 Å². The van der Waals surface area contributed by atoms with Crippen molar-refractivity contribution in [3.05, 3.63) is 22.4 Å². The summed E-state index contributed by atoms with van der Waals surface area (Å²) in [7, 11) is 0. The quantitative estimate of drug-likeness (QED) is 0.872. The fraction of sp³-hybridized carbons (Fsp3) is 0.583. The van der Waals surface area contributed by atoms with Gasteiger partial charge in [0.1, 0.15) is 6.04 Å². The Balaban J connectivity index is 1.84. The van der Waals surface area contributed by atoms with Gasteiger partial charge in [0.2, 0.25) is 0 Å². The summed E-state index contributed by atoms with van der Waals surface area (Å²) in [4.78, 5) is 1.26. The molecule has 1 N–H and O–H groups in total. The minimum absolute atomic E-state index is 0.0555. The van der Waals surface area contributed by atoms with Gasteiger partial charge in [-0.1, -0.05) is 6.07 Å². The molecule has 0 radical (unpaired) electrons. The van der Waals surface area contributed by atoms with E-state index < -0.39 is 0 Å². The molecule has 1 aromatic heterocycles. The third-order valence-corrected chi connectivity index (χ3v) is 3.73. The molecule has 1 saturated heterocycles. The number of nitriles is 1. The minimum atomic E-state index is -0.188. The Morgan fingerprint density at radius 2 is 2.56 bits per heavy atom. The van der Waals surface area contributed by atoms with E-state index in [2.05, 4.69) is 24.4 Å². The van der Waals surface area contributed by atoms with Gasteiger partial charge in [-0.05, 0) is 31.2 Å². The summed E-state index contributed by atoms with van der Waals surface area (Å²) in [6, 6.07) is 6.21. The maximum absolute atomic E-state index is 9.11. The average Bonchev–Trinajstić information content (AvgIpc) is 2.91. The highest BCUT2D eigenvalue weighted by Crippen LogP contribution is 2.22. The van der Waals surface area contributed by atoms with Gasteiger partial charge in [-0.3, -0.25) is 5.32 Å². The molecule has 4 heteroatoms. The smallest absolute Gasteiger partial charge is 0.122 e. The first kappa shape index (κ1) is 11.6. The van der Waals surface area contributed by atoms with Crippen molar-refractivity contribution in [2.45, 2.75) is 44.6 Å². The van der Waals surface area contributed by atoms with Crippen molar-refractivity contribution in [2.24, 2.45) is 0 Å². The highest BCUT2D eigenvalue weighted by molar-refractivity contribution is 7.09. The van der Waals surface area contributed by atoms with Gasteiger partial charge in [-0.15, -0.1) is 11.3 Å². The molecule has 0 aromatic carbocycles. The van der Waals surface area contributed by atoms with E-state index in [1.807, 2.05) is 11.4 Å². The Morgan fingerprint density at radius 1 is 1.69 bits per heavy atom. The van der Waals surface area contributed by atoms with Crippen molar-refractivity contribution in [2.75, 3.05) is 0 Å². The van der Waals surface area contributed by atoms with Crippen LogP contribution in [0.15, 0.2) is 17.5 Å². The number of nitrogens with one attached hydrogen (secondary N) is 1. The molecule has 0 bridgehead atoms. The van der Waals surface area contributed by atoms with Gasteiger partial charge < -0.3 is 4.74 Å². The van der Waals surface area contributed by atoms with E-state index in [0.717, 1.165) is 19.4 Å². The summed E-state index contributed by atoms with van der Waals surface area (Å²) < 4.78 is 5.70. The number of hydrogen-bond donors (Lipinski definition) is 1. The minimum Gasteiger partial charge on any atom is -0.373 e. The lowest BCUT2D eigenvalue weighted by atomic mass is 10.1. The van der Waals surface area contributed by atoms with Crippen molar-refractivity contribution in [3.8, 4) is 6.07 Å². The van der Waals surface area contributed by atoms with E-state index in [0.29, 0.717) is 6.10 Å². The molecule has 86 valence electrons. The summed E-state index contributed by atoms with van der Waals surface area (Å²) in [6.45, 7) is 2.82. The SMILES string of the molecule is CC1CCC(C(C#N)NCc2cccs2)O1. The lowest BCUT2D eigenvalue weighted by Gasteiger charge is -2.18. The van der Waals surface area contributed by atoms with E-state index in [4.69, 9.17) is 10.00 Å². The monoisotopic (exact) mass is 236 g/mol. The van der Waals surface area contributed by atoms with Crippen molar-refractivity contribution in [1.29, 1.82) is 5.26 Å². The highest BCUT2D eigenvalue weighted by Gasteiger charge is 2.29. The summed E-state index contributed by atoms with van der Waals surface area (Å²) in [5.74, 6) is 0. The fourth-order valence-corrected chi connectivity index (χ4v) is 2.62. The van der Waals surface area contributed by atoms with Crippen LogP contribution in [0.4, 0.5) is 0 Å². The summed E-state index contributed by atoms with van der Waals surface area (Å²) in [6.07, 6.45) is 2.39. The Labute approximate surface area is 100 Å². The first-order valence-electron chi connectivity index (χ1n) is 5.60. The third-order valence-electron chi connectivity index (χ3n) is 2.85. The second kappa shape index (κ2) is 5.44. The Bertz CT molecular complexity index is 358. The van der Waals surface area contributed by atoms with E-state index in [-0.39, 0.29) is 12.1 Å². The molecule has 0 spiro atoms. The van der Waals surface area contributed by atoms with Crippen LogP contribution >= 0.6 is 11.3 Å². The maximum Gasteiger partial charge on any atom is 0.122 e. The first-order chi connectivity index (χ1) is 7.79. The van der Waals surface area contributed by atoms with Crippen LogP contribution in [-0.4, -0.2) is 18.2 Å². The van der Waals surface area contributed by atoms with Gasteiger partial charge in [0.25, 0.3) is 0 Å². The number of thiophene rings is 1. The topological polar surface area (TPSA) is 45.0 Å². The first-order valence-corrected chi connectivity index (χ1v) is 6.48. The molecule has 2 rings (SSSR count). The zero-order valence-electron chi connectivity index (χ0n) is 9.35. The normalized spacial score (nSPS) is 26.5. The number of rotatable bonds is 4. The van der Waals surface area contributed by atoms with Crippen LogP contribution in [0.3, 0.4) is 0 Å². The molecule has 0 aliphatic carbocycles. The van der Waals surface area contributed by atoms with Crippen LogP contribution in [0.5, 0.6) is 0 Å². The van der Waals surface area contributed by atoms with Gasteiger partial charge in [0.05, 0.1) is 18.3 Å². The molecule has 0 saturated carbocycles. The van der Waals surface area contributed by atoms with Crippen molar-refractivity contribution in [3.63, 3.8) is 0 Å². The van der Waals surface area contributed by atoms with E-state index in [1.165, 1.54) is 4.88 Å². The van der Waals surface area contributed by atoms with Crippen LogP contribution in [0.2, 0.25) is 0 Å². The van der Waals surface area contributed by atoms with Gasteiger partial charge in [-0.2, -0.15) is 5.26 Å². The molecular weight excluding hydrogens is 220 g/mol. The van der Waals surface area contributed by atoms with Gasteiger partial charge in [0, 0.05) is 11.4 Å². The molecule has 3 unspecified atom stereocenters. The molecule has 2 heterocycles. The Morgan fingerprint density at radius 3 is 3.12 bits per heavy atom. The molecule has 1 aliphatic heterocycles. The molecule has 3 atom stereocenters. The standard InChI is InChI=1S/C12H16N2OS/c1-9-4-5-12(15-9)11(7-13)14-8-10-3-2-6-16-10/h2-3,6,9,11-12,14H,4-5,8H2,1H3. The molecule has 1 aromatic rings. The van der Waals surface area contributed by atoms with Crippen LogP contribution in [0.25, 0.3) is 0 Å². The van der Waals surface area contributed by atoms with Crippen LogP contribution in [-0.2, 0) is 11.3 Å². The molecule has 16 heavy (non-hydrogen) atoms. The Kier molecular flexibility index (Phi) is 3.94. The summed E-state index contributed by atoms with van der Waals surface area (Å²) in [5, 5.41) is 14.4.